The van der Waals surface area contributed by atoms with Crippen LogP contribution in [0.15, 0.2) is 28.7 Å². The van der Waals surface area contributed by atoms with E-state index in [9.17, 15) is 0 Å². The Labute approximate surface area is 118 Å². The molecule has 0 radical (unpaired) electrons. The van der Waals surface area contributed by atoms with Crippen LogP contribution in [0.25, 0.3) is 0 Å². The molecule has 0 aliphatic heterocycles. The average molecular weight is 312 g/mol. The van der Waals surface area contributed by atoms with E-state index in [1.165, 1.54) is 24.8 Å². The van der Waals surface area contributed by atoms with Crippen LogP contribution >= 0.6 is 15.9 Å². The quantitative estimate of drug-likeness (QED) is 0.771. The van der Waals surface area contributed by atoms with Gasteiger partial charge in [-0.3, -0.25) is 0 Å². The van der Waals surface area contributed by atoms with E-state index in [1.54, 1.807) is 0 Å². The highest BCUT2D eigenvalue weighted by Crippen LogP contribution is 2.39. The van der Waals surface area contributed by atoms with E-state index in [-0.39, 0.29) is 5.60 Å². The van der Waals surface area contributed by atoms with Gasteiger partial charge in [0.05, 0.1) is 12.2 Å². The second-order valence-corrected chi connectivity index (χ2v) is 5.97. The Morgan fingerprint density at radius 3 is 2.56 bits per heavy atom. The molecular formula is C15H22BrNO. The van der Waals surface area contributed by atoms with Crippen molar-refractivity contribution >= 4 is 15.9 Å². The highest BCUT2D eigenvalue weighted by Gasteiger charge is 2.37. The van der Waals surface area contributed by atoms with Crippen molar-refractivity contribution in [3.05, 3.63) is 34.3 Å². The minimum atomic E-state index is 0.148. The summed E-state index contributed by atoms with van der Waals surface area (Å²) >= 11 is 3.45. The van der Waals surface area contributed by atoms with Gasteiger partial charge in [0, 0.05) is 4.47 Å². The smallest absolute Gasteiger partial charge is 0.0724 e. The fourth-order valence-electron chi connectivity index (χ4n) is 2.35. The molecule has 0 saturated heterocycles. The third kappa shape index (κ3) is 3.81. The molecule has 0 heterocycles. The topological polar surface area (TPSA) is 21.3 Å². The molecule has 1 N–H and O–H groups in total. The Kier molecular flexibility index (Phi) is 5.22. The molecular weight excluding hydrogens is 290 g/mol. The first-order valence-electron chi connectivity index (χ1n) is 6.83. The number of ether oxygens (including phenoxy) is 1. The summed E-state index contributed by atoms with van der Waals surface area (Å²) in [4.78, 5) is 0. The van der Waals surface area contributed by atoms with Gasteiger partial charge in [-0.2, -0.15) is 0 Å². The predicted molar refractivity (Wildman–Crippen MR) is 78.7 cm³/mol. The van der Waals surface area contributed by atoms with Gasteiger partial charge in [0.1, 0.15) is 0 Å². The highest BCUT2D eigenvalue weighted by atomic mass is 79.9. The van der Waals surface area contributed by atoms with E-state index in [4.69, 9.17) is 4.74 Å². The van der Waals surface area contributed by atoms with Crippen molar-refractivity contribution in [1.29, 1.82) is 0 Å². The lowest BCUT2D eigenvalue weighted by atomic mass is 9.77. The highest BCUT2D eigenvalue weighted by molar-refractivity contribution is 9.10. The standard InChI is InChI=1S/C15H22BrNO/c1-2-17-11-10-15(8-3-9-15)18-12-13-4-6-14(16)7-5-13/h4-7,17H,2-3,8-12H2,1H3. The summed E-state index contributed by atoms with van der Waals surface area (Å²) < 4.78 is 7.30. The molecule has 1 aromatic carbocycles. The minimum Gasteiger partial charge on any atom is -0.370 e. The van der Waals surface area contributed by atoms with Gasteiger partial charge >= 0.3 is 0 Å². The van der Waals surface area contributed by atoms with Crippen molar-refractivity contribution in [2.24, 2.45) is 0 Å². The van der Waals surface area contributed by atoms with Crippen LogP contribution in [-0.2, 0) is 11.3 Å². The molecule has 1 aliphatic rings. The molecule has 18 heavy (non-hydrogen) atoms. The maximum Gasteiger partial charge on any atom is 0.0724 e. The molecule has 2 nitrogen and oxygen atoms in total. The largest absolute Gasteiger partial charge is 0.370 e. The molecule has 1 saturated carbocycles. The fourth-order valence-corrected chi connectivity index (χ4v) is 2.61. The number of hydrogen-bond donors (Lipinski definition) is 1. The SMILES string of the molecule is CCNCCC1(OCc2ccc(Br)cc2)CCC1. The van der Waals surface area contributed by atoms with E-state index in [2.05, 4.69) is 52.4 Å². The summed E-state index contributed by atoms with van der Waals surface area (Å²) in [5, 5.41) is 3.39. The van der Waals surface area contributed by atoms with Crippen molar-refractivity contribution in [3.8, 4) is 0 Å². The molecule has 2 rings (SSSR count). The molecule has 1 aliphatic carbocycles. The lowest BCUT2D eigenvalue weighted by Gasteiger charge is -2.42. The zero-order valence-corrected chi connectivity index (χ0v) is 12.6. The molecule has 100 valence electrons. The third-order valence-corrected chi connectivity index (χ3v) is 4.26. The van der Waals surface area contributed by atoms with Gasteiger partial charge in [-0.15, -0.1) is 0 Å². The second kappa shape index (κ2) is 6.69. The van der Waals surface area contributed by atoms with E-state index in [1.807, 2.05) is 0 Å². The summed E-state index contributed by atoms with van der Waals surface area (Å²) in [7, 11) is 0. The number of nitrogens with one attached hydrogen (secondary N) is 1. The summed E-state index contributed by atoms with van der Waals surface area (Å²) in [6.07, 6.45) is 4.88. The molecule has 3 heteroatoms. The van der Waals surface area contributed by atoms with E-state index in [0.29, 0.717) is 0 Å². The van der Waals surface area contributed by atoms with Crippen LogP contribution in [0.3, 0.4) is 0 Å². The van der Waals surface area contributed by atoms with Gasteiger partial charge in [-0.1, -0.05) is 35.0 Å². The molecule has 1 aromatic rings. The summed E-state index contributed by atoms with van der Waals surface area (Å²) in [5.74, 6) is 0. The van der Waals surface area contributed by atoms with Gasteiger partial charge in [0.15, 0.2) is 0 Å². The lowest BCUT2D eigenvalue weighted by Crippen LogP contribution is -2.42. The van der Waals surface area contributed by atoms with Gasteiger partial charge < -0.3 is 10.1 Å². The van der Waals surface area contributed by atoms with Crippen molar-refractivity contribution in [3.63, 3.8) is 0 Å². The summed E-state index contributed by atoms with van der Waals surface area (Å²) in [6.45, 7) is 5.00. The van der Waals surface area contributed by atoms with Crippen molar-refractivity contribution in [2.75, 3.05) is 13.1 Å². The van der Waals surface area contributed by atoms with Gasteiger partial charge in [-0.05, 0) is 56.5 Å². The molecule has 0 amide bonds. The number of benzene rings is 1. The fraction of sp³-hybridized carbons (Fsp3) is 0.600. The first-order chi connectivity index (χ1) is 8.74. The Hall–Kier alpha value is -0.380. The summed E-state index contributed by atoms with van der Waals surface area (Å²) in [6, 6.07) is 8.40. The molecule has 0 atom stereocenters. The van der Waals surface area contributed by atoms with Gasteiger partial charge in [0.25, 0.3) is 0 Å². The number of rotatable bonds is 7. The Morgan fingerprint density at radius 2 is 2.00 bits per heavy atom. The van der Waals surface area contributed by atoms with Crippen molar-refractivity contribution in [2.45, 2.75) is 44.8 Å². The van der Waals surface area contributed by atoms with Crippen LogP contribution in [0.5, 0.6) is 0 Å². The zero-order chi connectivity index (χ0) is 12.8. The first kappa shape index (κ1) is 14.0. The molecule has 0 spiro atoms. The number of halogens is 1. The second-order valence-electron chi connectivity index (χ2n) is 5.06. The molecule has 0 unspecified atom stereocenters. The van der Waals surface area contributed by atoms with Crippen LogP contribution in [0, 0.1) is 0 Å². The minimum absolute atomic E-state index is 0.148. The lowest BCUT2D eigenvalue weighted by molar-refractivity contribution is -0.113. The van der Waals surface area contributed by atoms with E-state index in [0.717, 1.165) is 30.6 Å². The summed E-state index contributed by atoms with van der Waals surface area (Å²) in [5.41, 5.74) is 1.41. The third-order valence-electron chi connectivity index (χ3n) is 3.73. The predicted octanol–water partition coefficient (Wildman–Crippen LogP) is 3.89. The van der Waals surface area contributed by atoms with Gasteiger partial charge in [0.2, 0.25) is 0 Å². The molecule has 0 bridgehead atoms. The van der Waals surface area contributed by atoms with E-state index < -0.39 is 0 Å². The van der Waals surface area contributed by atoms with Crippen LogP contribution in [0.4, 0.5) is 0 Å². The maximum absolute atomic E-state index is 6.18. The van der Waals surface area contributed by atoms with Crippen LogP contribution in [0.1, 0.15) is 38.2 Å². The zero-order valence-electron chi connectivity index (χ0n) is 11.0. The normalized spacial score (nSPS) is 17.4. The van der Waals surface area contributed by atoms with Crippen molar-refractivity contribution in [1.82, 2.24) is 5.32 Å². The molecule has 0 aromatic heterocycles. The van der Waals surface area contributed by atoms with Crippen molar-refractivity contribution < 1.29 is 4.74 Å². The molecule has 1 fully saturated rings. The van der Waals surface area contributed by atoms with Gasteiger partial charge in [-0.25, -0.2) is 0 Å². The van der Waals surface area contributed by atoms with Crippen LogP contribution in [-0.4, -0.2) is 18.7 Å². The Morgan fingerprint density at radius 1 is 1.28 bits per heavy atom. The monoisotopic (exact) mass is 311 g/mol. The van der Waals surface area contributed by atoms with Crippen LogP contribution < -0.4 is 5.32 Å². The Balaban J connectivity index is 1.81. The van der Waals surface area contributed by atoms with Crippen LogP contribution in [0.2, 0.25) is 0 Å². The maximum atomic E-state index is 6.18. The first-order valence-corrected chi connectivity index (χ1v) is 7.62. The van der Waals surface area contributed by atoms with E-state index >= 15 is 0 Å². The number of hydrogen-bond acceptors (Lipinski definition) is 2. The average Bonchev–Trinajstić information content (AvgIpc) is 2.34. The Bertz CT molecular complexity index is 359.